The largest absolute Gasteiger partial charge is 0.243 e. The zero-order chi connectivity index (χ0) is 14.8. The molecule has 2 aromatic rings. The molecule has 2 rings (SSSR count). The van der Waals surface area contributed by atoms with Crippen LogP contribution in [0.2, 0.25) is 5.02 Å². The summed E-state index contributed by atoms with van der Waals surface area (Å²) in [5, 5.41) is 0.409. The molecule has 0 fully saturated rings. The van der Waals surface area contributed by atoms with Crippen molar-refractivity contribution in [1.82, 2.24) is 4.31 Å². The minimum Gasteiger partial charge on any atom is -0.207 e. The second kappa shape index (κ2) is 5.95. The predicted molar refractivity (Wildman–Crippen MR) is 81.3 cm³/mol. The highest BCUT2D eigenvalue weighted by atomic mass is 35.5. The maximum atomic E-state index is 12.6. The van der Waals surface area contributed by atoms with Gasteiger partial charge in [0.2, 0.25) is 10.0 Å². The second-order valence-corrected chi connectivity index (χ2v) is 7.00. The molecule has 0 heterocycles. The van der Waals surface area contributed by atoms with E-state index in [0.29, 0.717) is 5.02 Å². The number of sulfonamides is 1. The quantitative estimate of drug-likeness (QED) is 0.863. The fourth-order valence-corrected chi connectivity index (χ4v) is 3.60. The molecule has 0 spiro atoms. The van der Waals surface area contributed by atoms with E-state index < -0.39 is 10.0 Å². The van der Waals surface area contributed by atoms with E-state index >= 15 is 0 Å². The fraction of sp³-hybridized carbons (Fsp3) is 0.200. The summed E-state index contributed by atoms with van der Waals surface area (Å²) in [6.45, 7) is 1.86. The summed E-state index contributed by atoms with van der Waals surface area (Å²) in [4.78, 5) is 0.204. The van der Waals surface area contributed by atoms with Crippen molar-refractivity contribution in [2.45, 2.75) is 17.9 Å². The molecule has 0 aliphatic carbocycles. The fourth-order valence-electron chi connectivity index (χ4n) is 1.94. The Bertz CT molecular complexity index is 686. The lowest BCUT2D eigenvalue weighted by Gasteiger charge is -2.24. The maximum Gasteiger partial charge on any atom is 0.243 e. The number of halogens is 1. The highest BCUT2D eigenvalue weighted by molar-refractivity contribution is 7.89. The van der Waals surface area contributed by atoms with Crippen LogP contribution in [-0.4, -0.2) is 19.8 Å². The first-order chi connectivity index (χ1) is 9.43. The molecule has 0 N–H and O–H groups in total. The monoisotopic (exact) mass is 309 g/mol. The minimum atomic E-state index is -3.56. The average Bonchev–Trinajstić information content (AvgIpc) is 2.46. The third-order valence-electron chi connectivity index (χ3n) is 3.30. The van der Waals surface area contributed by atoms with Crippen molar-refractivity contribution in [2.24, 2.45) is 0 Å². The maximum absolute atomic E-state index is 12.6. The summed E-state index contributed by atoms with van der Waals surface area (Å²) in [5.41, 5.74) is 0.945. The topological polar surface area (TPSA) is 37.4 Å². The second-order valence-electron chi connectivity index (χ2n) is 4.57. The van der Waals surface area contributed by atoms with Gasteiger partial charge in [0.1, 0.15) is 0 Å². The van der Waals surface area contributed by atoms with Crippen LogP contribution < -0.4 is 0 Å². The van der Waals surface area contributed by atoms with Gasteiger partial charge in [0.15, 0.2) is 0 Å². The first-order valence-electron chi connectivity index (χ1n) is 6.21. The Morgan fingerprint density at radius 2 is 1.70 bits per heavy atom. The zero-order valence-electron chi connectivity index (χ0n) is 11.3. The Morgan fingerprint density at radius 1 is 1.05 bits per heavy atom. The van der Waals surface area contributed by atoms with Crippen LogP contribution in [0.3, 0.4) is 0 Å². The summed E-state index contributed by atoms with van der Waals surface area (Å²) in [7, 11) is -1.98. The molecule has 20 heavy (non-hydrogen) atoms. The molecule has 0 bridgehead atoms. The Hall–Kier alpha value is -1.36. The van der Waals surface area contributed by atoms with Crippen LogP contribution in [0, 0.1) is 0 Å². The third-order valence-corrected chi connectivity index (χ3v) is 5.46. The van der Waals surface area contributed by atoms with E-state index in [9.17, 15) is 8.42 Å². The smallest absolute Gasteiger partial charge is 0.207 e. The van der Waals surface area contributed by atoms with E-state index in [2.05, 4.69) is 0 Å². The van der Waals surface area contributed by atoms with Gasteiger partial charge in [-0.25, -0.2) is 8.42 Å². The van der Waals surface area contributed by atoms with E-state index in [1.54, 1.807) is 25.2 Å². The minimum absolute atomic E-state index is 0.204. The van der Waals surface area contributed by atoms with Crippen LogP contribution in [-0.2, 0) is 10.0 Å². The van der Waals surface area contributed by atoms with Gasteiger partial charge in [-0.15, -0.1) is 0 Å². The molecule has 3 nitrogen and oxygen atoms in total. The van der Waals surface area contributed by atoms with Gasteiger partial charge in [0, 0.05) is 18.1 Å². The number of hydrogen-bond donors (Lipinski definition) is 0. The van der Waals surface area contributed by atoms with Crippen LogP contribution in [0.15, 0.2) is 59.5 Å². The van der Waals surface area contributed by atoms with E-state index in [0.717, 1.165) is 5.56 Å². The molecule has 1 atom stereocenters. The number of rotatable bonds is 4. The van der Waals surface area contributed by atoms with Gasteiger partial charge in [0.25, 0.3) is 0 Å². The van der Waals surface area contributed by atoms with Gasteiger partial charge < -0.3 is 0 Å². The first-order valence-corrected chi connectivity index (χ1v) is 8.03. The lowest BCUT2D eigenvalue weighted by Crippen LogP contribution is -2.29. The van der Waals surface area contributed by atoms with Crippen molar-refractivity contribution < 1.29 is 8.42 Å². The van der Waals surface area contributed by atoms with E-state index in [4.69, 9.17) is 11.6 Å². The molecule has 1 unspecified atom stereocenters. The highest BCUT2D eigenvalue weighted by Crippen LogP contribution is 2.26. The summed E-state index contributed by atoms with van der Waals surface area (Å²) in [5.74, 6) is 0. The molecule has 0 saturated heterocycles. The summed E-state index contributed by atoms with van der Waals surface area (Å²) in [6, 6.07) is 15.6. The van der Waals surface area contributed by atoms with Crippen molar-refractivity contribution in [1.29, 1.82) is 0 Å². The molecular formula is C15H16ClNO2S. The molecule has 2 aromatic carbocycles. The Balaban J connectivity index is 2.35. The van der Waals surface area contributed by atoms with Crippen molar-refractivity contribution in [2.75, 3.05) is 7.05 Å². The Kier molecular flexibility index (Phi) is 4.48. The lowest BCUT2D eigenvalue weighted by molar-refractivity contribution is 0.398. The van der Waals surface area contributed by atoms with Gasteiger partial charge in [-0.1, -0.05) is 48.0 Å². The first kappa shape index (κ1) is 15.0. The summed E-state index contributed by atoms with van der Waals surface area (Å²) < 4.78 is 26.5. The third kappa shape index (κ3) is 3.03. The van der Waals surface area contributed by atoms with Crippen molar-refractivity contribution in [3.63, 3.8) is 0 Å². The van der Waals surface area contributed by atoms with Crippen LogP contribution >= 0.6 is 11.6 Å². The molecule has 0 aliphatic heterocycles. The predicted octanol–water partition coefficient (Wildman–Crippen LogP) is 3.72. The van der Waals surface area contributed by atoms with Gasteiger partial charge in [-0.05, 0) is 30.7 Å². The van der Waals surface area contributed by atoms with Gasteiger partial charge in [0.05, 0.1) is 4.90 Å². The van der Waals surface area contributed by atoms with Crippen molar-refractivity contribution >= 4 is 21.6 Å². The Labute approximate surface area is 124 Å². The summed E-state index contributed by atoms with van der Waals surface area (Å²) in [6.07, 6.45) is 0. The van der Waals surface area contributed by atoms with Crippen LogP contribution in [0.1, 0.15) is 18.5 Å². The molecule has 0 aliphatic rings. The van der Waals surface area contributed by atoms with E-state index in [1.165, 1.54) is 10.4 Å². The van der Waals surface area contributed by atoms with Crippen LogP contribution in [0.5, 0.6) is 0 Å². The standard InChI is InChI=1S/C15H16ClNO2S/c1-12(13-7-4-3-5-8-13)17(2)20(18,19)15-10-6-9-14(16)11-15/h3-12H,1-2H3. The summed E-state index contributed by atoms with van der Waals surface area (Å²) >= 11 is 5.87. The SMILES string of the molecule is CC(c1ccccc1)N(C)S(=O)(=O)c1cccc(Cl)c1. The Morgan fingerprint density at radius 3 is 2.30 bits per heavy atom. The normalized spacial score (nSPS) is 13.4. The molecule has 0 saturated carbocycles. The van der Waals surface area contributed by atoms with Crippen molar-refractivity contribution in [3.05, 3.63) is 65.2 Å². The molecular weight excluding hydrogens is 294 g/mol. The molecule has 0 aromatic heterocycles. The lowest BCUT2D eigenvalue weighted by atomic mass is 10.1. The van der Waals surface area contributed by atoms with Crippen molar-refractivity contribution in [3.8, 4) is 0 Å². The van der Waals surface area contributed by atoms with E-state index in [1.807, 2.05) is 37.3 Å². The highest BCUT2D eigenvalue weighted by Gasteiger charge is 2.26. The van der Waals surface area contributed by atoms with E-state index in [-0.39, 0.29) is 10.9 Å². The number of hydrogen-bond acceptors (Lipinski definition) is 2. The number of nitrogens with zero attached hydrogens (tertiary/aromatic N) is 1. The van der Waals surface area contributed by atoms with Gasteiger partial charge >= 0.3 is 0 Å². The number of benzene rings is 2. The van der Waals surface area contributed by atoms with Crippen LogP contribution in [0.25, 0.3) is 0 Å². The molecule has 106 valence electrons. The average molecular weight is 310 g/mol. The van der Waals surface area contributed by atoms with Crippen LogP contribution in [0.4, 0.5) is 0 Å². The molecule has 0 amide bonds. The van der Waals surface area contributed by atoms with Gasteiger partial charge in [-0.3, -0.25) is 0 Å². The van der Waals surface area contributed by atoms with Gasteiger partial charge in [-0.2, -0.15) is 4.31 Å². The molecule has 0 radical (unpaired) electrons. The zero-order valence-corrected chi connectivity index (χ0v) is 12.9. The molecule has 5 heteroatoms.